The van der Waals surface area contributed by atoms with Crippen LogP contribution in [0, 0.1) is 0 Å². The Hall–Kier alpha value is -2.64. The second-order valence-electron chi connectivity index (χ2n) is 8.18. The van der Waals surface area contributed by atoms with Gasteiger partial charge < -0.3 is 14.7 Å². The van der Waals surface area contributed by atoms with Gasteiger partial charge in [-0.15, -0.1) is 0 Å². The van der Waals surface area contributed by atoms with Crippen molar-refractivity contribution >= 4 is 23.2 Å². The molecule has 0 unspecified atom stereocenters. The molecule has 164 valence electrons. The molecule has 0 saturated heterocycles. The van der Waals surface area contributed by atoms with E-state index in [9.17, 15) is 9.90 Å². The summed E-state index contributed by atoms with van der Waals surface area (Å²) in [5, 5.41) is 10.5. The first-order valence-electron chi connectivity index (χ1n) is 10.5. The minimum Gasteiger partial charge on any atom is -0.465 e. The van der Waals surface area contributed by atoms with Crippen LogP contribution < -0.4 is 0 Å². The molecule has 7 nitrogen and oxygen atoms in total. The van der Waals surface area contributed by atoms with E-state index >= 15 is 0 Å². The number of ether oxygens (including phenoxy) is 1. The summed E-state index contributed by atoms with van der Waals surface area (Å²) in [7, 11) is 1.60. The number of fused-ring (bicyclic) bond motifs is 1. The molecular weight excluding hydrogens is 416 g/mol. The Kier molecular flexibility index (Phi) is 6.43. The molecule has 1 aliphatic rings. The topological polar surface area (TPSA) is 80.0 Å². The molecule has 0 bridgehead atoms. The van der Waals surface area contributed by atoms with Crippen LogP contribution in [-0.2, 0) is 11.2 Å². The minimum absolute atomic E-state index is 0.239. The predicted molar refractivity (Wildman–Crippen MR) is 119 cm³/mol. The quantitative estimate of drug-likeness (QED) is 0.576. The Labute approximate surface area is 186 Å². The summed E-state index contributed by atoms with van der Waals surface area (Å²) >= 11 is 6.21. The highest BCUT2D eigenvalue weighted by atomic mass is 35.5. The van der Waals surface area contributed by atoms with Crippen molar-refractivity contribution in [3.05, 3.63) is 65.5 Å². The van der Waals surface area contributed by atoms with Crippen molar-refractivity contribution in [2.45, 2.75) is 43.6 Å². The molecule has 4 rings (SSSR count). The summed E-state index contributed by atoms with van der Waals surface area (Å²) in [5.74, 6) is 1.20. The Morgan fingerprint density at radius 3 is 2.71 bits per heavy atom. The van der Waals surface area contributed by atoms with Gasteiger partial charge >= 0.3 is 6.09 Å². The van der Waals surface area contributed by atoms with Gasteiger partial charge in [-0.3, -0.25) is 4.40 Å². The van der Waals surface area contributed by atoms with Crippen molar-refractivity contribution in [3.8, 4) is 0 Å². The molecule has 8 heteroatoms. The van der Waals surface area contributed by atoms with E-state index in [0.29, 0.717) is 24.7 Å². The first-order valence-corrected chi connectivity index (χ1v) is 10.9. The molecule has 3 aromatic rings. The molecule has 1 aliphatic carbocycles. The van der Waals surface area contributed by atoms with Gasteiger partial charge in [0.1, 0.15) is 11.3 Å². The van der Waals surface area contributed by atoms with E-state index in [1.54, 1.807) is 24.4 Å². The first kappa shape index (κ1) is 21.6. The zero-order valence-electron chi connectivity index (χ0n) is 17.6. The van der Waals surface area contributed by atoms with Gasteiger partial charge in [-0.05, 0) is 37.7 Å². The lowest BCUT2D eigenvalue weighted by molar-refractivity contribution is 0.0283. The summed E-state index contributed by atoms with van der Waals surface area (Å²) in [5.41, 5.74) is 1.48. The minimum atomic E-state index is -0.893. The number of methoxy groups -OCH3 is 1. The molecule has 0 radical (unpaired) electrons. The summed E-state index contributed by atoms with van der Waals surface area (Å²) in [4.78, 5) is 22.6. The summed E-state index contributed by atoms with van der Waals surface area (Å²) in [6.07, 6.45) is 8.35. The number of imidazole rings is 1. The average Bonchev–Trinajstić information content (AvgIpc) is 3.21. The van der Waals surface area contributed by atoms with Crippen LogP contribution >= 0.6 is 11.6 Å². The van der Waals surface area contributed by atoms with Gasteiger partial charge in [0.05, 0.1) is 18.3 Å². The maximum atomic E-state index is 12.3. The lowest BCUT2D eigenvalue weighted by Gasteiger charge is -2.47. The molecule has 1 fully saturated rings. The highest BCUT2D eigenvalue weighted by Crippen LogP contribution is 2.43. The molecule has 1 N–H and O–H groups in total. The van der Waals surface area contributed by atoms with Crippen LogP contribution in [0.5, 0.6) is 0 Å². The maximum absolute atomic E-state index is 12.3. The molecule has 0 aliphatic heterocycles. The van der Waals surface area contributed by atoms with E-state index in [1.165, 1.54) is 0 Å². The zero-order valence-corrected chi connectivity index (χ0v) is 18.3. The Bertz CT molecular complexity index is 1030. The molecule has 1 saturated carbocycles. The largest absolute Gasteiger partial charge is 0.465 e. The normalized spacial score (nSPS) is 21.3. The third-order valence-corrected chi connectivity index (χ3v) is 6.71. The Morgan fingerprint density at radius 1 is 1.29 bits per heavy atom. The predicted octanol–water partition coefficient (Wildman–Crippen LogP) is 4.65. The van der Waals surface area contributed by atoms with E-state index in [-0.39, 0.29) is 5.92 Å². The highest BCUT2D eigenvalue weighted by Gasteiger charge is 2.43. The van der Waals surface area contributed by atoms with Crippen molar-refractivity contribution < 1.29 is 14.6 Å². The van der Waals surface area contributed by atoms with E-state index in [2.05, 4.69) is 22.1 Å². The van der Waals surface area contributed by atoms with Crippen molar-refractivity contribution in [2.24, 2.45) is 0 Å². The van der Waals surface area contributed by atoms with Crippen LogP contribution in [-0.4, -0.2) is 56.3 Å². The number of hydrogen-bond donors (Lipinski definition) is 1. The van der Waals surface area contributed by atoms with Gasteiger partial charge in [0.25, 0.3) is 0 Å². The number of carbonyl (C=O) groups is 1. The van der Waals surface area contributed by atoms with Gasteiger partial charge in [-0.2, -0.15) is 0 Å². The second-order valence-corrected chi connectivity index (χ2v) is 8.54. The third kappa shape index (κ3) is 4.38. The van der Waals surface area contributed by atoms with Gasteiger partial charge in [0.2, 0.25) is 0 Å². The van der Waals surface area contributed by atoms with Crippen LogP contribution in [0.3, 0.4) is 0 Å². The molecule has 2 aromatic heterocycles. The highest BCUT2D eigenvalue weighted by molar-refractivity contribution is 6.32. The first-order chi connectivity index (χ1) is 15.0. The monoisotopic (exact) mass is 442 g/mol. The van der Waals surface area contributed by atoms with Crippen molar-refractivity contribution in [2.75, 3.05) is 20.3 Å². The van der Waals surface area contributed by atoms with Crippen molar-refractivity contribution in [1.29, 1.82) is 0 Å². The van der Waals surface area contributed by atoms with Crippen LogP contribution in [0.15, 0.2) is 48.9 Å². The van der Waals surface area contributed by atoms with Gasteiger partial charge in [-0.25, -0.2) is 14.8 Å². The van der Waals surface area contributed by atoms with Crippen LogP contribution in [0.1, 0.15) is 43.0 Å². The number of nitrogens with zero attached hydrogens (tertiary/aromatic N) is 4. The molecule has 1 amide bonds. The number of benzene rings is 1. The lowest BCUT2D eigenvalue weighted by Crippen LogP contribution is -2.55. The van der Waals surface area contributed by atoms with Crippen LogP contribution in [0.25, 0.3) is 5.52 Å². The lowest BCUT2D eigenvalue weighted by atomic mass is 9.72. The smallest absolute Gasteiger partial charge is 0.407 e. The van der Waals surface area contributed by atoms with E-state index < -0.39 is 11.6 Å². The van der Waals surface area contributed by atoms with E-state index in [1.807, 2.05) is 28.8 Å². The van der Waals surface area contributed by atoms with E-state index in [0.717, 1.165) is 42.6 Å². The van der Waals surface area contributed by atoms with E-state index in [4.69, 9.17) is 16.3 Å². The number of aromatic nitrogens is 3. The van der Waals surface area contributed by atoms with Crippen molar-refractivity contribution in [1.82, 2.24) is 19.3 Å². The van der Waals surface area contributed by atoms with Gasteiger partial charge in [0, 0.05) is 32.0 Å². The molecular formula is C23H27ClN4O3. The number of rotatable bonds is 7. The summed E-state index contributed by atoms with van der Waals surface area (Å²) in [6.45, 7) is 0.736. The summed E-state index contributed by atoms with van der Waals surface area (Å²) in [6, 6.07) is 10.1. The fraction of sp³-hybridized carbons (Fsp3) is 0.435. The number of hydrogen-bond acceptors (Lipinski definition) is 4. The summed E-state index contributed by atoms with van der Waals surface area (Å²) < 4.78 is 7.22. The van der Waals surface area contributed by atoms with Gasteiger partial charge in [0.15, 0.2) is 5.15 Å². The number of amides is 1. The molecule has 1 aromatic carbocycles. The Morgan fingerprint density at radius 2 is 2.03 bits per heavy atom. The number of halogens is 1. The SMILES string of the molecule is COCCN(C(=O)O)C1(Cc2ccccc2)CCC(c2ncc3c(Cl)nccn23)CC1. The zero-order chi connectivity index (χ0) is 21.8. The Balaban J connectivity index is 1.61. The van der Waals surface area contributed by atoms with Crippen LogP contribution in [0.4, 0.5) is 4.79 Å². The molecule has 2 heterocycles. The molecule has 0 spiro atoms. The van der Waals surface area contributed by atoms with Crippen LogP contribution in [0.2, 0.25) is 5.15 Å². The maximum Gasteiger partial charge on any atom is 0.407 e. The molecule has 31 heavy (non-hydrogen) atoms. The van der Waals surface area contributed by atoms with Gasteiger partial charge in [-0.1, -0.05) is 41.9 Å². The molecule has 0 atom stereocenters. The third-order valence-electron chi connectivity index (χ3n) is 6.42. The fourth-order valence-corrected chi connectivity index (χ4v) is 5.06. The second kappa shape index (κ2) is 9.24. The number of carboxylic acid groups (broad SMARTS) is 1. The van der Waals surface area contributed by atoms with Crippen molar-refractivity contribution in [3.63, 3.8) is 0 Å². The fourth-order valence-electron chi connectivity index (χ4n) is 4.87. The standard InChI is InChI=1S/C23H27ClN4O3/c1-31-14-13-28(22(29)30)23(15-17-5-3-2-4-6-17)9-7-18(8-10-23)21-26-16-19-20(24)25-11-12-27(19)21/h2-6,11-12,16,18H,7-10,13-15H2,1H3,(H,29,30). The average molecular weight is 443 g/mol.